The highest BCUT2D eigenvalue weighted by molar-refractivity contribution is 7.92. The molecule has 0 aliphatic heterocycles. The number of benzene rings is 2. The van der Waals surface area contributed by atoms with Crippen molar-refractivity contribution in [3.63, 3.8) is 0 Å². The molecule has 0 spiro atoms. The highest BCUT2D eigenvalue weighted by Crippen LogP contribution is 2.27. The summed E-state index contributed by atoms with van der Waals surface area (Å²) in [6.07, 6.45) is 2.33. The molecule has 2 rings (SSSR count). The van der Waals surface area contributed by atoms with Crippen LogP contribution in [-0.4, -0.2) is 50.5 Å². The molecule has 2 aromatic rings. The summed E-state index contributed by atoms with van der Waals surface area (Å²) in [5.41, 5.74) is 0.830. The van der Waals surface area contributed by atoms with Crippen molar-refractivity contribution in [2.45, 2.75) is 52.1 Å². The molecular weight excluding hydrogens is 528 g/mol. The van der Waals surface area contributed by atoms with E-state index in [2.05, 4.69) is 5.32 Å². The van der Waals surface area contributed by atoms with Crippen LogP contribution in [0, 0.1) is 5.82 Å². The molecule has 36 heavy (non-hydrogen) atoms. The highest BCUT2D eigenvalue weighted by atomic mass is 35.5. The van der Waals surface area contributed by atoms with Crippen LogP contribution in [0.4, 0.5) is 10.1 Å². The van der Waals surface area contributed by atoms with Crippen LogP contribution >= 0.6 is 23.2 Å². The van der Waals surface area contributed by atoms with Crippen molar-refractivity contribution in [3.05, 3.63) is 63.9 Å². The number of anilines is 1. The van der Waals surface area contributed by atoms with Gasteiger partial charge in [-0.2, -0.15) is 0 Å². The first-order valence-corrected chi connectivity index (χ1v) is 14.3. The Bertz CT molecular complexity index is 1130. The molecule has 0 fully saturated rings. The molecule has 0 saturated heterocycles. The molecule has 198 valence electrons. The van der Waals surface area contributed by atoms with Gasteiger partial charge in [0.15, 0.2) is 0 Å². The molecule has 0 heterocycles. The summed E-state index contributed by atoms with van der Waals surface area (Å²) in [6.45, 7) is 4.26. The topological polar surface area (TPSA) is 86.8 Å². The summed E-state index contributed by atoms with van der Waals surface area (Å²) >= 11 is 12.7. The quantitative estimate of drug-likeness (QED) is 0.373. The lowest BCUT2D eigenvalue weighted by atomic mass is 10.1. The predicted octanol–water partition coefficient (Wildman–Crippen LogP) is 5.01. The second-order valence-electron chi connectivity index (χ2n) is 8.35. The van der Waals surface area contributed by atoms with Crippen LogP contribution < -0.4 is 9.62 Å². The van der Waals surface area contributed by atoms with E-state index in [0.29, 0.717) is 34.3 Å². The van der Waals surface area contributed by atoms with Gasteiger partial charge in [-0.1, -0.05) is 43.1 Å². The molecule has 0 radical (unpaired) electrons. The number of carbonyl (C=O) groups is 2. The Hall–Kier alpha value is -2.36. The third-order valence-electron chi connectivity index (χ3n) is 5.59. The van der Waals surface area contributed by atoms with Gasteiger partial charge in [0.1, 0.15) is 11.9 Å². The molecule has 1 atom stereocenters. The van der Waals surface area contributed by atoms with E-state index in [1.807, 2.05) is 13.8 Å². The smallest absolute Gasteiger partial charge is 0.242 e. The van der Waals surface area contributed by atoms with Crippen LogP contribution in [-0.2, 0) is 26.2 Å². The van der Waals surface area contributed by atoms with Crippen molar-refractivity contribution in [1.82, 2.24) is 10.2 Å². The average molecular weight is 561 g/mol. The largest absolute Gasteiger partial charge is 0.354 e. The maximum atomic E-state index is 13.4. The van der Waals surface area contributed by atoms with Crippen LogP contribution in [0.3, 0.4) is 0 Å². The lowest BCUT2D eigenvalue weighted by Crippen LogP contribution is -2.49. The molecule has 0 aliphatic rings. The van der Waals surface area contributed by atoms with Gasteiger partial charge in [-0.15, -0.1) is 0 Å². The molecule has 2 amide bonds. The van der Waals surface area contributed by atoms with E-state index in [-0.39, 0.29) is 37.7 Å². The normalized spacial score (nSPS) is 12.2. The number of nitrogens with zero attached hydrogens (tertiary/aromatic N) is 2. The Morgan fingerprint density at radius 1 is 1.06 bits per heavy atom. The van der Waals surface area contributed by atoms with Crippen molar-refractivity contribution in [2.75, 3.05) is 23.7 Å². The minimum Gasteiger partial charge on any atom is -0.354 e. The van der Waals surface area contributed by atoms with E-state index in [9.17, 15) is 22.4 Å². The van der Waals surface area contributed by atoms with Gasteiger partial charge >= 0.3 is 0 Å². The van der Waals surface area contributed by atoms with E-state index >= 15 is 0 Å². The van der Waals surface area contributed by atoms with E-state index in [4.69, 9.17) is 23.2 Å². The van der Waals surface area contributed by atoms with E-state index in [0.717, 1.165) is 17.0 Å². The maximum absolute atomic E-state index is 13.4. The van der Waals surface area contributed by atoms with E-state index in [1.165, 1.54) is 29.2 Å². The first kappa shape index (κ1) is 29.9. The molecule has 1 N–H and O–H groups in total. The SMILES string of the molecule is CCCNC(=O)C(CC)N(Cc1c(Cl)cccc1Cl)C(=O)CCCN(c1ccc(F)cc1)S(C)(=O)=O. The number of nitrogens with one attached hydrogen (secondary N) is 1. The van der Waals surface area contributed by atoms with E-state index in [1.54, 1.807) is 18.2 Å². The summed E-state index contributed by atoms with van der Waals surface area (Å²) < 4.78 is 39.1. The summed E-state index contributed by atoms with van der Waals surface area (Å²) in [6, 6.07) is 9.36. The second kappa shape index (κ2) is 13.8. The number of hydrogen-bond donors (Lipinski definition) is 1. The Morgan fingerprint density at radius 3 is 2.19 bits per heavy atom. The van der Waals surface area contributed by atoms with Crippen molar-refractivity contribution >= 4 is 50.7 Å². The molecule has 0 saturated carbocycles. The number of sulfonamides is 1. The predicted molar refractivity (Wildman–Crippen MR) is 142 cm³/mol. The van der Waals surface area contributed by atoms with Crippen LogP contribution in [0.15, 0.2) is 42.5 Å². The van der Waals surface area contributed by atoms with Gasteiger partial charge in [0.05, 0.1) is 11.9 Å². The molecule has 0 bridgehead atoms. The molecular formula is C25H32Cl2FN3O4S. The molecule has 11 heteroatoms. The van der Waals surface area contributed by atoms with Crippen LogP contribution in [0.5, 0.6) is 0 Å². The Morgan fingerprint density at radius 2 is 1.67 bits per heavy atom. The lowest BCUT2D eigenvalue weighted by Gasteiger charge is -2.31. The Labute approximate surface area is 222 Å². The molecule has 7 nitrogen and oxygen atoms in total. The number of hydrogen-bond acceptors (Lipinski definition) is 4. The molecule has 0 aliphatic carbocycles. The fourth-order valence-corrected chi connectivity index (χ4v) is 5.23. The molecule has 2 aromatic carbocycles. The fourth-order valence-electron chi connectivity index (χ4n) is 3.75. The zero-order valence-electron chi connectivity index (χ0n) is 20.6. The maximum Gasteiger partial charge on any atom is 0.242 e. The Balaban J connectivity index is 2.25. The highest BCUT2D eigenvalue weighted by Gasteiger charge is 2.29. The second-order valence-corrected chi connectivity index (χ2v) is 11.1. The summed E-state index contributed by atoms with van der Waals surface area (Å²) in [5, 5.41) is 3.59. The van der Waals surface area contributed by atoms with Crippen molar-refractivity contribution in [3.8, 4) is 0 Å². The Kier molecular flexibility index (Phi) is 11.5. The van der Waals surface area contributed by atoms with Gasteiger partial charge < -0.3 is 10.2 Å². The molecule has 0 aromatic heterocycles. The fraction of sp³-hybridized carbons (Fsp3) is 0.440. The van der Waals surface area contributed by atoms with Crippen molar-refractivity contribution in [2.24, 2.45) is 0 Å². The van der Waals surface area contributed by atoms with Gasteiger partial charge in [0, 0.05) is 41.7 Å². The zero-order valence-corrected chi connectivity index (χ0v) is 23.0. The van der Waals surface area contributed by atoms with Gasteiger partial charge in [-0.05, 0) is 55.7 Å². The summed E-state index contributed by atoms with van der Waals surface area (Å²) in [5.74, 6) is -1.10. The van der Waals surface area contributed by atoms with Crippen molar-refractivity contribution < 1.29 is 22.4 Å². The standard InChI is InChI=1S/C25H32Cl2FN3O4S/c1-4-15-29-25(33)23(5-2)30(17-20-21(26)8-6-9-22(20)27)24(32)10-7-16-31(36(3,34)35)19-13-11-18(28)12-14-19/h6,8-9,11-14,23H,4-5,7,10,15-17H2,1-3H3,(H,29,33). The molecule has 1 unspecified atom stereocenters. The lowest BCUT2D eigenvalue weighted by molar-refractivity contribution is -0.141. The van der Waals surface area contributed by atoms with Crippen molar-refractivity contribution in [1.29, 1.82) is 0 Å². The number of carbonyl (C=O) groups excluding carboxylic acids is 2. The number of amides is 2. The zero-order chi connectivity index (χ0) is 26.9. The average Bonchev–Trinajstić information content (AvgIpc) is 2.82. The monoisotopic (exact) mass is 559 g/mol. The number of halogens is 3. The van der Waals surface area contributed by atoms with Gasteiger partial charge in [-0.3, -0.25) is 13.9 Å². The first-order valence-electron chi connectivity index (χ1n) is 11.7. The van der Waals surface area contributed by atoms with E-state index < -0.39 is 21.9 Å². The van der Waals surface area contributed by atoms with Gasteiger partial charge in [-0.25, -0.2) is 12.8 Å². The summed E-state index contributed by atoms with van der Waals surface area (Å²) in [7, 11) is -3.67. The third-order valence-corrected chi connectivity index (χ3v) is 7.49. The van der Waals surface area contributed by atoms with Gasteiger partial charge in [0.2, 0.25) is 21.8 Å². The first-order chi connectivity index (χ1) is 17.0. The third kappa shape index (κ3) is 8.35. The van der Waals surface area contributed by atoms with Crippen LogP contribution in [0.1, 0.15) is 45.1 Å². The van der Waals surface area contributed by atoms with Crippen LogP contribution in [0.25, 0.3) is 0 Å². The van der Waals surface area contributed by atoms with Gasteiger partial charge in [0.25, 0.3) is 0 Å². The number of rotatable bonds is 13. The minimum absolute atomic E-state index is 0.00964. The minimum atomic E-state index is -3.67. The summed E-state index contributed by atoms with van der Waals surface area (Å²) in [4.78, 5) is 27.7. The van der Waals surface area contributed by atoms with Crippen LogP contribution in [0.2, 0.25) is 10.0 Å².